The van der Waals surface area contributed by atoms with Gasteiger partial charge in [-0.25, -0.2) is 4.98 Å². The fourth-order valence-corrected chi connectivity index (χ4v) is 5.47. The molecular weight excluding hydrogens is 478 g/mol. The Morgan fingerprint density at radius 1 is 1.06 bits per heavy atom. The van der Waals surface area contributed by atoms with Gasteiger partial charge in [-0.1, -0.05) is 22.9 Å². The molecule has 2 aromatic carbocycles. The molecule has 9 heteroatoms. The van der Waals surface area contributed by atoms with Crippen molar-refractivity contribution >= 4 is 56.0 Å². The molecule has 0 bridgehead atoms. The molecule has 0 aliphatic heterocycles. The lowest BCUT2D eigenvalue weighted by Gasteiger charge is -2.21. The Labute approximate surface area is 208 Å². The molecule has 0 saturated carbocycles. The summed E-state index contributed by atoms with van der Waals surface area (Å²) >= 11 is 9.58. The van der Waals surface area contributed by atoms with E-state index in [1.54, 1.807) is 32.0 Å². The first-order chi connectivity index (χ1) is 15.9. The second-order valence-electron chi connectivity index (χ2n) is 7.75. The summed E-state index contributed by atoms with van der Waals surface area (Å²) < 4.78 is 11.5. The maximum atomic E-state index is 13.2. The second-order valence-corrected chi connectivity index (χ2v) is 10.3. The molecule has 1 heterocycles. The van der Waals surface area contributed by atoms with Crippen molar-refractivity contribution in [2.45, 2.75) is 24.2 Å². The van der Waals surface area contributed by atoms with Crippen LogP contribution in [0.3, 0.4) is 0 Å². The summed E-state index contributed by atoms with van der Waals surface area (Å²) in [4.78, 5) is 23.0. The summed E-state index contributed by atoms with van der Waals surface area (Å²) in [6, 6.07) is 11.6. The number of nitrogens with zero attached hydrogens (tertiary/aromatic N) is 3. The number of amides is 1. The SMILES string of the molecule is COc1ccc(SCCCC(=O)N(CCCN(C)C)c2nc3c(OC)ccc(Cl)c3s2)cc1. The molecule has 0 unspecified atom stereocenters. The summed E-state index contributed by atoms with van der Waals surface area (Å²) in [6.45, 7) is 1.51. The number of thioether (sulfide) groups is 1. The number of carbonyl (C=O) groups excluding carboxylic acids is 1. The third kappa shape index (κ3) is 6.99. The predicted molar refractivity (Wildman–Crippen MR) is 140 cm³/mol. The largest absolute Gasteiger partial charge is 0.497 e. The van der Waals surface area contributed by atoms with Gasteiger partial charge in [-0.05, 0) is 75.6 Å². The third-order valence-electron chi connectivity index (χ3n) is 5.05. The Kier molecular flexibility index (Phi) is 9.67. The maximum Gasteiger partial charge on any atom is 0.228 e. The van der Waals surface area contributed by atoms with Gasteiger partial charge < -0.3 is 14.4 Å². The van der Waals surface area contributed by atoms with Crippen molar-refractivity contribution in [3.63, 3.8) is 0 Å². The molecule has 0 aliphatic carbocycles. The minimum atomic E-state index is 0.0817. The van der Waals surface area contributed by atoms with E-state index in [9.17, 15) is 4.79 Å². The van der Waals surface area contributed by atoms with E-state index < -0.39 is 0 Å². The first-order valence-corrected chi connectivity index (χ1v) is 13.0. The number of aromatic nitrogens is 1. The zero-order valence-corrected chi connectivity index (χ0v) is 21.9. The highest BCUT2D eigenvalue weighted by Crippen LogP contribution is 2.39. The van der Waals surface area contributed by atoms with Crippen LogP contribution in [-0.2, 0) is 4.79 Å². The summed E-state index contributed by atoms with van der Waals surface area (Å²) in [5, 5.41) is 1.29. The molecule has 6 nitrogen and oxygen atoms in total. The fourth-order valence-electron chi connectivity index (χ4n) is 3.31. The van der Waals surface area contributed by atoms with E-state index >= 15 is 0 Å². The van der Waals surface area contributed by atoms with Crippen LogP contribution < -0.4 is 14.4 Å². The van der Waals surface area contributed by atoms with E-state index in [0.29, 0.717) is 34.4 Å². The van der Waals surface area contributed by atoms with Crippen LogP contribution in [0, 0.1) is 0 Å². The molecule has 1 aromatic heterocycles. The van der Waals surface area contributed by atoms with Gasteiger partial charge in [0.1, 0.15) is 17.0 Å². The third-order valence-corrected chi connectivity index (χ3v) is 7.69. The highest BCUT2D eigenvalue weighted by molar-refractivity contribution is 7.99. The van der Waals surface area contributed by atoms with Gasteiger partial charge in [0.25, 0.3) is 0 Å². The van der Waals surface area contributed by atoms with Crippen LogP contribution in [0.4, 0.5) is 5.13 Å². The van der Waals surface area contributed by atoms with Crippen LogP contribution in [0.1, 0.15) is 19.3 Å². The van der Waals surface area contributed by atoms with Crippen molar-refractivity contribution in [3.05, 3.63) is 41.4 Å². The Balaban J connectivity index is 1.68. The number of methoxy groups -OCH3 is 2. The minimum Gasteiger partial charge on any atom is -0.497 e. The lowest BCUT2D eigenvalue weighted by molar-refractivity contribution is -0.118. The van der Waals surface area contributed by atoms with Gasteiger partial charge >= 0.3 is 0 Å². The number of ether oxygens (including phenoxy) is 2. The van der Waals surface area contributed by atoms with Gasteiger partial charge in [0.2, 0.25) is 5.91 Å². The van der Waals surface area contributed by atoms with Gasteiger partial charge in [0.15, 0.2) is 5.13 Å². The summed E-state index contributed by atoms with van der Waals surface area (Å²) in [5.74, 6) is 2.45. The van der Waals surface area contributed by atoms with Crippen molar-refractivity contribution in [2.24, 2.45) is 0 Å². The van der Waals surface area contributed by atoms with Gasteiger partial charge in [0, 0.05) is 17.9 Å². The molecule has 0 N–H and O–H groups in total. The second kappa shape index (κ2) is 12.5. The standard InChI is InChI=1S/C24H30ClN3O3S2/c1-27(2)14-6-15-28(24-26-22-20(31-4)13-12-19(25)23(22)33-24)21(29)7-5-16-32-18-10-8-17(30-3)9-11-18/h8-13H,5-7,14-16H2,1-4H3. The summed E-state index contributed by atoms with van der Waals surface area (Å²) in [6.07, 6.45) is 2.11. The molecule has 3 aromatic rings. The lowest BCUT2D eigenvalue weighted by atomic mass is 10.3. The molecule has 0 aliphatic rings. The number of carbonyl (C=O) groups is 1. The normalized spacial score (nSPS) is 11.2. The highest BCUT2D eigenvalue weighted by Gasteiger charge is 2.21. The van der Waals surface area contributed by atoms with E-state index in [0.717, 1.165) is 35.6 Å². The quantitative estimate of drug-likeness (QED) is 0.227. The van der Waals surface area contributed by atoms with E-state index in [2.05, 4.69) is 4.90 Å². The van der Waals surface area contributed by atoms with Crippen molar-refractivity contribution in [1.82, 2.24) is 9.88 Å². The summed E-state index contributed by atoms with van der Waals surface area (Å²) in [7, 11) is 7.34. The lowest BCUT2D eigenvalue weighted by Crippen LogP contribution is -2.33. The first-order valence-electron chi connectivity index (χ1n) is 10.8. The van der Waals surface area contributed by atoms with E-state index in [1.807, 2.05) is 49.3 Å². The first kappa shape index (κ1) is 25.6. The van der Waals surface area contributed by atoms with Crippen molar-refractivity contribution in [3.8, 4) is 11.5 Å². The molecule has 0 saturated heterocycles. The molecule has 3 rings (SSSR count). The van der Waals surface area contributed by atoms with Crippen LogP contribution in [0.5, 0.6) is 11.5 Å². The van der Waals surface area contributed by atoms with Gasteiger partial charge in [-0.15, -0.1) is 11.8 Å². The maximum absolute atomic E-state index is 13.2. The van der Waals surface area contributed by atoms with Crippen molar-refractivity contribution < 1.29 is 14.3 Å². The van der Waals surface area contributed by atoms with Gasteiger partial charge in [-0.3, -0.25) is 9.69 Å². The average molecular weight is 508 g/mol. The van der Waals surface area contributed by atoms with E-state index in [1.165, 1.54) is 16.2 Å². The van der Waals surface area contributed by atoms with E-state index in [-0.39, 0.29) is 5.91 Å². The van der Waals surface area contributed by atoms with Crippen molar-refractivity contribution in [1.29, 1.82) is 0 Å². The van der Waals surface area contributed by atoms with E-state index in [4.69, 9.17) is 26.1 Å². The van der Waals surface area contributed by atoms with Crippen molar-refractivity contribution in [2.75, 3.05) is 52.1 Å². The molecular formula is C24H30ClN3O3S2. The minimum absolute atomic E-state index is 0.0817. The van der Waals surface area contributed by atoms with Gasteiger partial charge in [0.05, 0.1) is 23.9 Å². The molecule has 33 heavy (non-hydrogen) atoms. The fraction of sp³-hybridized carbons (Fsp3) is 0.417. The molecule has 0 radical (unpaired) electrons. The molecule has 0 fully saturated rings. The van der Waals surface area contributed by atoms with Crippen LogP contribution in [0.2, 0.25) is 5.02 Å². The monoisotopic (exact) mass is 507 g/mol. The Morgan fingerprint density at radius 3 is 2.48 bits per heavy atom. The Bertz CT molecular complexity index is 1060. The number of anilines is 1. The molecule has 178 valence electrons. The average Bonchev–Trinajstić information content (AvgIpc) is 3.26. The topological polar surface area (TPSA) is 54.9 Å². The highest BCUT2D eigenvalue weighted by atomic mass is 35.5. The van der Waals surface area contributed by atoms with Crippen LogP contribution in [-0.4, -0.2) is 62.9 Å². The Hall–Kier alpha value is -2.00. The number of halogens is 1. The number of thiazole rings is 1. The number of hydrogen-bond acceptors (Lipinski definition) is 7. The smallest absolute Gasteiger partial charge is 0.228 e. The molecule has 0 atom stereocenters. The number of hydrogen-bond donors (Lipinski definition) is 0. The van der Waals surface area contributed by atoms with Gasteiger partial charge in [-0.2, -0.15) is 0 Å². The van der Waals surface area contributed by atoms with Crippen LogP contribution >= 0.6 is 34.7 Å². The Morgan fingerprint density at radius 2 is 1.82 bits per heavy atom. The zero-order chi connectivity index (χ0) is 23.8. The predicted octanol–water partition coefficient (Wildman–Crippen LogP) is 5.82. The summed E-state index contributed by atoms with van der Waals surface area (Å²) in [5.41, 5.74) is 0.700. The molecule has 0 spiro atoms. The number of fused-ring (bicyclic) bond motifs is 1. The zero-order valence-electron chi connectivity index (χ0n) is 19.5. The van der Waals surface area contributed by atoms with Crippen LogP contribution in [0.15, 0.2) is 41.3 Å². The number of rotatable bonds is 12. The number of benzene rings is 2. The molecule has 1 amide bonds. The van der Waals surface area contributed by atoms with Crippen LogP contribution in [0.25, 0.3) is 10.2 Å².